The van der Waals surface area contributed by atoms with Crippen molar-refractivity contribution in [1.82, 2.24) is 4.90 Å². The van der Waals surface area contributed by atoms with E-state index in [4.69, 9.17) is 11.6 Å². The third-order valence-corrected chi connectivity index (χ3v) is 4.64. The summed E-state index contributed by atoms with van der Waals surface area (Å²) >= 11 is 5.93. The minimum absolute atomic E-state index is 0.290. The highest BCUT2D eigenvalue weighted by Gasteiger charge is 2.27. The van der Waals surface area contributed by atoms with Gasteiger partial charge in [0.05, 0.1) is 5.69 Å². The Morgan fingerprint density at radius 1 is 1.08 bits per heavy atom. The van der Waals surface area contributed by atoms with E-state index in [1.165, 1.54) is 11.0 Å². The number of rotatable bonds is 2. The third kappa shape index (κ3) is 3.96. The molecule has 2 amide bonds. The highest BCUT2D eigenvalue weighted by molar-refractivity contribution is 6.40. The molecule has 5 nitrogen and oxygen atoms in total. The number of carbonyl (C=O) groups is 2. The van der Waals surface area contributed by atoms with E-state index in [-0.39, 0.29) is 5.82 Å². The summed E-state index contributed by atoms with van der Waals surface area (Å²) in [5.74, 6) is -1.59. The zero-order chi connectivity index (χ0) is 18.7. The van der Waals surface area contributed by atoms with Crippen molar-refractivity contribution < 1.29 is 14.0 Å². The Balaban J connectivity index is 1.60. The number of anilines is 2. The van der Waals surface area contributed by atoms with Gasteiger partial charge in [0.2, 0.25) is 0 Å². The van der Waals surface area contributed by atoms with Gasteiger partial charge in [-0.25, -0.2) is 4.39 Å². The van der Waals surface area contributed by atoms with Crippen molar-refractivity contribution in [1.29, 1.82) is 0 Å². The number of nitrogens with zero attached hydrogens (tertiary/aromatic N) is 2. The first-order valence-corrected chi connectivity index (χ1v) is 8.69. The Morgan fingerprint density at radius 2 is 1.77 bits per heavy atom. The number of aryl methyl sites for hydroxylation is 1. The van der Waals surface area contributed by atoms with Gasteiger partial charge in [0.1, 0.15) is 5.82 Å². The minimum atomic E-state index is -0.699. The maximum Gasteiger partial charge on any atom is 0.313 e. The first-order valence-electron chi connectivity index (χ1n) is 8.31. The monoisotopic (exact) mass is 375 g/mol. The number of piperazine rings is 1. The molecule has 26 heavy (non-hydrogen) atoms. The largest absolute Gasteiger partial charge is 0.366 e. The van der Waals surface area contributed by atoms with Crippen LogP contribution in [0, 0.1) is 12.7 Å². The highest BCUT2D eigenvalue weighted by Crippen LogP contribution is 2.22. The van der Waals surface area contributed by atoms with Crippen LogP contribution in [0.1, 0.15) is 5.56 Å². The van der Waals surface area contributed by atoms with Crippen LogP contribution in [0.25, 0.3) is 0 Å². The molecule has 0 saturated carbocycles. The van der Waals surface area contributed by atoms with Crippen molar-refractivity contribution in [3.05, 3.63) is 58.9 Å². The molecule has 0 bridgehead atoms. The van der Waals surface area contributed by atoms with Gasteiger partial charge >= 0.3 is 11.8 Å². The molecule has 2 aromatic rings. The van der Waals surface area contributed by atoms with Gasteiger partial charge in [-0.2, -0.15) is 0 Å². The highest BCUT2D eigenvalue weighted by atomic mass is 35.5. The van der Waals surface area contributed by atoms with Gasteiger partial charge in [-0.05, 0) is 36.8 Å². The first-order chi connectivity index (χ1) is 12.5. The fraction of sp³-hybridized carbons (Fsp3) is 0.263. The molecular formula is C19H19ClFN3O2. The summed E-state index contributed by atoms with van der Waals surface area (Å²) in [7, 11) is 0. The zero-order valence-electron chi connectivity index (χ0n) is 14.3. The maximum atomic E-state index is 13.9. The average molecular weight is 376 g/mol. The smallest absolute Gasteiger partial charge is 0.313 e. The molecule has 0 unspecified atom stereocenters. The summed E-state index contributed by atoms with van der Waals surface area (Å²) in [6, 6.07) is 11.6. The van der Waals surface area contributed by atoms with Crippen LogP contribution in [0.3, 0.4) is 0 Å². The van der Waals surface area contributed by atoms with E-state index in [9.17, 15) is 14.0 Å². The number of hydrogen-bond acceptors (Lipinski definition) is 3. The van der Waals surface area contributed by atoms with E-state index in [0.29, 0.717) is 42.6 Å². The quantitative estimate of drug-likeness (QED) is 0.821. The fourth-order valence-electron chi connectivity index (χ4n) is 2.91. The molecule has 0 radical (unpaired) electrons. The molecule has 0 aliphatic carbocycles. The third-order valence-electron chi connectivity index (χ3n) is 4.40. The number of benzene rings is 2. The summed E-state index contributed by atoms with van der Waals surface area (Å²) < 4.78 is 13.9. The van der Waals surface area contributed by atoms with Crippen LogP contribution < -0.4 is 10.2 Å². The Kier molecular flexibility index (Phi) is 5.42. The maximum absolute atomic E-state index is 13.9. The lowest BCUT2D eigenvalue weighted by Crippen LogP contribution is -2.51. The zero-order valence-corrected chi connectivity index (χ0v) is 15.1. The van der Waals surface area contributed by atoms with Crippen LogP contribution in [0.2, 0.25) is 5.02 Å². The fourth-order valence-corrected chi connectivity index (χ4v) is 3.08. The van der Waals surface area contributed by atoms with Gasteiger partial charge in [0.25, 0.3) is 0 Å². The van der Waals surface area contributed by atoms with Crippen LogP contribution in [0.4, 0.5) is 15.8 Å². The summed E-state index contributed by atoms with van der Waals surface area (Å²) in [6.45, 7) is 3.47. The van der Waals surface area contributed by atoms with Crippen LogP contribution in [0.15, 0.2) is 42.5 Å². The second-order valence-electron chi connectivity index (χ2n) is 6.14. The average Bonchev–Trinajstić information content (AvgIpc) is 2.64. The van der Waals surface area contributed by atoms with E-state index in [1.54, 1.807) is 36.4 Å². The number of halogens is 2. The summed E-state index contributed by atoms with van der Waals surface area (Å²) in [6.07, 6.45) is 0. The van der Waals surface area contributed by atoms with Crippen LogP contribution in [-0.2, 0) is 9.59 Å². The molecular weight excluding hydrogens is 357 g/mol. The molecule has 1 aliphatic heterocycles. The van der Waals surface area contributed by atoms with Gasteiger partial charge in [0, 0.05) is 36.9 Å². The van der Waals surface area contributed by atoms with Crippen LogP contribution in [-0.4, -0.2) is 42.9 Å². The topological polar surface area (TPSA) is 52.7 Å². The Hall–Kier alpha value is -2.60. The Morgan fingerprint density at radius 3 is 2.46 bits per heavy atom. The van der Waals surface area contributed by atoms with Crippen LogP contribution >= 0.6 is 11.6 Å². The number of carbonyl (C=O) groups excluding carboxylic acids is 2. The molecule has 0 aromatic heterocycles. The Bertz CT molecular complexity index is 835. The number of hydrogen-bond donors (Lipinski definition) is 1. The van der Waals surface area contributed by atoms with Crippen LogP contribution in [0.5, 0.6) is 0 Å². The molecule has 0 atom stereocenters. The van der Waals surface area contributed by atoms with E-state index >= 15 is 0 Å². The Labute approximate surface area is 156 Å². The summed E-state index contributed by atoms with van der Waals surface area (Å²) in [4.78, 5) is 28.0. The van der Waals surface area contributed by atoms with Gasteiger partial charge in [-0.3, -0.25) is 9.59 Å². The number of para-hydroxylation sites is 1. The van der Waals surface area contributed by atoms with Gasteiger partial charge in [-0.1, -0.05) is 29.8 Å². The van der Waals surface area contributed by atoms with Crippen molar-refractivity contribution in [2.24, 2.45) is 0 Å². The minimum Gasteiger partial charge on any atom is -0.366 e. The van der Waals surface area contributed by atoms with E-state index in [1.807, 2.05) is 11.8 Å². The molecule has 1 fully saturated rings. The van der Waals surface area contributed by atoms with Crippen molar-refractivity contribution in [3.8, 4) is 0 Å². The number of nitrogens with one attached hydrogen (secondary N) is 1. The van der Waals surface area contributed by atoms with Crippen molar-refractivity contribution in [2.45, 2.75) is 6.92 Å². The molecule has 1 heterocycles. The van der Waals surface area contributed by atoms with Gasteiger partial charge < -0.3 is 15.1 Å². The van der Waals surface area contributed by atoms with E-state index in [0.717, 1.165) is 5.56 Å². The van der Waals surface area contributed by atoms with E-state index < -0.39 is 11.8 Å². The lowest BCUT2D eigenvalue weighted by molar-refractivity contribution is -0.143. The lowest BCUT2D eigenvalue weighted by atomic mass is 10.2. The van der Waals surface area contributed by atoms with Crippen molar-refractivity contribution >= 4 is 34.8 Å². The molecule has 7 heteroatoms. The summed E-state index contributed by atoms with van der Waals surface area (Å²) in [5, 5.41) is 3.10. The van der Waals surface area contributed by atoms with Crippen molar-refractivity contribution in [3.63, 3.8) is 0 Å². The molecule has 136 valence electrons. The summed E-state index contributed by atoms with van der Waals surface area (Å²) in [5.41, 5.74) is 1.85. The van der Waals surface area contributed by atoms with Crippen molar-refractivity contribution in [2.75, 3.05) is 36.4 Å². The lowest BCUT2D eigenvalue weighted by Gasteiger charge is -2.35. The second-order valence-corrected chi connectivity index (χ2v) is 6.58. The predicted octanol–water partition coefficient (Wildman–Crippen LogP) is 3.07. The molecule has 1 saturated heterocycles. The standard InChI is InChI=1S/C19H19ClFN3O2/c1-13-6-7-14(20)12-16(13)22-18(25)19(26)24-10-8-23(9-11-24)17-5-3-2-4-15(17)21/h2-7,12H,8-11H2,1H3,(H,22,25). The molecule has 3 rings (SSSR count). The normalized spacial score (nSPS) is 14.3. The second kappa shape index (κ2) is 7.74. The molecule has 1 aliphatic rings. The van der Waals surface area contributed by atoms with E-state index in [2.05, 4.69) is 5.32 Å². The van der Waals surface area contributed by atoms with Gasteiger partial charge in [-0.15, -0.1) is 0 Å². The molecule has 0 spiro atoms. The van der Waals surface area contributed by atoms with Gasteiger partial charge in [0.15, 0.2) is 0 Å². The predicted molar refractivity (Wildman–Crippen MR) is 100 cm³/mol. The number of amides is 2. The molecule has 1 N–H and O–H groups in total. The molecule has 2 aromatic carbocycles. The SMILES string of the molecule is Cc1ccc(Cl)cc1NC(=O)C(=O)N1CCN(c2ccccc2F)CC1. The first kappa shape index (κ1) is 18.2.